The number of fused-ring (bicyclic) bond motifs is 1. The summed E-state index contributed by atoms with van der Waals surface area (Å²) in [5.41, 5.74) is -1.41. The van der Waals surface area contributed by atoms with E-state index < -0.39 is 41.3 Å². The van der Waals surface area contributed by atoms with Crippen LogP contribution in [0.25, 0.3) is 0 Å². The summed E-state index contributed by atoms with van der Waals surface area (Å²) in [4.78, 5) is 11.9. The molecule has 2 amide bonds. The fourth-order valence-corrected chi connectivity index (χ4v) is 3.84. The first-order valence-corrected chi connectivity index (χ1v) is 7.77. The van der Waals surface area contributed by atoms with E-state index in [-0.39, 0.29) is 31.4 Å². The van der Waals surface area contributed by atoms with Gasteiger partial charge in [0.1, 0.15) is 0 Å². The molecule has 3 fully saturated rings. The van der Waals surface area contributed by atoms with E-state index in [9.17, 15) is 31.1 Å². The van der Waals surface area contributed by atoms with Crippen molar-refractivity contribution in [2.24, 2.45) is 11.8 Å². The zero-order chi connectivity index (χ0) is 18.5. The molecule has 25 heavy (non-hydrogen) atoms. The minimum Gasteiger partial charge on any atom is -0.334 e. The number of rotatable bonds is 3. The van der Waals surface area contributed by atoms with Gasteiger partial charge in [-0.15, -0.1) is 0 Å². The Morgan fingerprint density at radius 3 is 2.36 bits per heavy atom. The maximum absolute atomic E-state index is 12.8. The molecule has 0 saturated heterocycles. The number of urea groups is 1. The summed E-state index contributed by atoms with van der Waals surface area (Å²) in [6.07, 6.45) is -8.31. The number of carbonyl (C=O) groups is 1. The van der Waals surface area contributed by atoms with Gasteiger partial charge in [0, 0.05) is 12.1 Å². The monoisotopic (exact) mass is 366 g/mol. The second-order valence-corrected chi connectivity index (χ2v) is 6.81. The van der Waals surface area contributed by atoms with Gasteiger partial charge in [-0.3, -0.25) is 0 Å². The third-order valence-electron chi connectivity index (χ3n) is 4.99. The zero-order valence-electron chi connectivity index (χ0n) is 13.0. The van der Waals surface area contributed by atoms with Gasteiger partial charge in [-0.05, 0) is 42.9 Å². The van der Waals surface area contributed by atoms with Crippen LogP contribution in [0.1, 0.15) is 30.4 Å². The van der Waals surface area contributed by atoms with Crippen LogP contribution in [-0.2, 0) is 12.7 Å². The number of benzene rings is 1. The van der Waals surface area contributed by atoms with Crippen molar-refractivity contribution in [1.29, 1.82) is 0 Å². The fourth-order valence-electron chi connectivity index (χ4n) is 3.84. The number of nitrogens with one attached hydrogen (secondary N) is 2. The normalized spacial score (nSPS) is 28.4. The molecule has 2 bridgehead atoms. The molecule has 1 aromatic carbocycles. The Kier molecular flexibility index (Phi) is 4.15. The van der Waals surface area contributed by atoms with E-state index in [1.54, 1.807) is 0 Å². The smallest absolute Gasteiger partial charge is 0.334 e. The largest absolute Gasteiger partial charge is 0.416 e. The van der Waals surface area contributed by atoms with Gasteiger partial charge >= 0.3 is 18.4 Å². The SMILES string of the molecule is O=C(NCc1cccc(C(F)(F)F)c1)NC12CC(C1)C(C(F)(F)F)C2. The van der Waals surface area contributed by atoms with Crippen LogP contribution in [0.15, 0.2) is 24.3 Å². The van der Waals surface area contributed by atoms with Crippen molar-refractivity contribution in [3.8, 4) is 0 Å². The lowest BCUT2D eigenvalue weighted by atomic mass is 9.76. The molecule has 0 aromatic heterocycles. The second-order valence-electron chi connectivity index (χ2n) is 6.81. The average Bonchev–Trinajstić information content (AvgIpc) is 3.00. The highest BCUT2D eigenvalue weighted by molar-refractivity contribution is 5.75. The minimum absolute atomic E-state index is 0.141. The molecular weight excluding hydrogens is 350 g/mol. The average molecular weight is 366 g/mol. The molecule has 4 rings (SSSR count). The maximum Gasteiger partial charge on any atom is 0.416 e. The van der Waals surface area contributed by atoms with Gasteiger partial charge in [0.2, 0.25) is 0 Å². The topological polar surface area (TPSA) is 41.1 Å². The van der Waals surface area contributed by atoms with Crippen LogP contribution in [0, 0.1) is 11.8 Å². The lowest BCUT2D eigenvalue weighted by molar-refractivity contribution is -0.180. The standard InChI is InChI=1S/C16H16F6N2O/c17-15(18,19)11-3-1-2-9(4-11)8-23-13(25)24-14-5-10(6-14)12(7-14)16(20,21)22/h1-4,10,12H,5-8H2,(H2,23,24,25). The van der Waals surface area contributed by atoms with E-state index in [0.717, 1.165) is 12.1 Å². The number of halogens is 6. The minimum atomic E-state index is -4.48. The van der Waals surface area contributed by atoms with Crippen molar-refractivity contribution < 1.29 is 31.1 Å². The molecule has 0 heterocycles. The van der Waals surface area contributed by atoms with Crippen LogP contribution in [0.3, 0.4) is 0 Å². The number of amides is 2. The van der Waals surface area contributed by atoms with Crippen LogP contribution < -0.4 is 10.6 Å². The first-order valence-electron chi connectivity index (χ1n) is 7.77. The number of carbonyl (C=O) groups excluding carboxylic acids is 1. The van der Waals surface area contributed by atoms with Gasteiger partial charge in [0.05, 0.1) is 11.5 Å². The van der Waals surface area contributed by atoms with E-state index in [0.29, 0.717) is 0 Å². The van der Waals surface area contributed by atoms with Crippen LogP contribution in [0.4, 0.5) is 31.1 Å². The molecule has 1 unspecified atom stereocenters. The second kappa shape index (κ2) is 5.81. The molecule has 3 nitrogen and oxygen atoms in total. The zero-order valence-corrected chi connectivity index (χ0v) is 13.0. The lowest BCUT2D eigenvalue weighted by Gasteiger charge is -2.39. The van der Waals surface area contributed by atoms with Crippen molar-refractivity contribution in [3.05, 3.63) is 35.4 Å². The van der Waals surface area contributed by atoms with Crippen LogP contribution in [-0.4, -0.2) is 17.7 Å². The van der Waals surface area contributed by atoms with E-state index in [1.165, 1.54) is 12.1 Å². The summed E-state index contributed by atoms with van der Waals surface area (Å²) in [6.45, 7) is -0.141. The van der Waals surface area contributed by atoms with Crippen molar-refractivity contribution in [2.75, 3.05) is 0 Å². The van der Waals surface area contributed by atoms with Gasteiger partial charge in [-0.2, -0.15) is 26.3 Å². The Bertz CT molecular complexity index is 663. The highest BCUT2D eigenvalue weighted by Crippen LogP contribution is 2.60. The summed E-state index contributed by atoms with van der Waals surface area (Å²) in [6, 6.07) is 3.85. The highest BCUT2D eigenvalue weighted by Gasteiger charge is 2.64. The molecule has 0 radical (unpaired) electrons. The van der Waals surface area contributed by atoms with Gasteiger partial charge in [0.25, 0.3) is 0 Å². The Morgan fingerprint density at radius 1 is 1.12 bits per heavy atom. The molecule has 0 spiro atoms. The quantitative estimate of drug-likeness (QED) is 0.772. The first kappa shape index (κ1) is 17.9. The highest BCUT2D eigenvalue weighted by atomic mass is 19.4. The van der Waals surface area contributed by atoms with Crippen molar-refractivity contribution >= 4 is 6.03 Å². The molecule has 0 aliphatic heterocycles. The van der Waals surface area contributed by atoms with E-state index >= 15 is 0 Å². The lowest BCUT2D eigenvalue weighted by Crippen LogP contribution is -2.54. The van der Waals surface area contributed by atoms with Crippen molar-refractivity contribution in [2.45, 2.75) is 43.7 Å². The Hall–Kier alpha value is -1.93. The van der Waals surface area contributed by atoms with Crippen molar-refractivity contribution in [3.63, 3.8) is 0 Å². The van der Waals surface area contributed by atoms with E-state index in [2.05, 4.69) is 10.6 Å². The first-order chi connectivity index (χ1) is 11.5. The Labute approximate surface area is 139 Å². The third kappa shape index (κ3) is 3.69. The molecule has 1 atom stereocenters. The number of alkyl halides is 6. The summed E-state index contributed by atoms with van der Waals surface area (Å²) in [5.74, 6) is -1.85. The van der Waals surface area contributed by atoms with Gasteiger partial charge in [0.15, 0.2) is 0 Å². The predicted octanol–water partition coefficient (Wildman–Crippen LogP) is 4.24. The van der Waals surface area contributed by atoms with E-state index in [1.807, 2.05) is 0 Å². The molecule has 9 heteroatoms. The number of hydrogen-bond acceptors (Lipinski definition) is 1. The summed E-state index contributed by atoms with van der Waals surface area (Å²) < 4.78 is 76.4. The molecule has 3 saturated carbocycles. The van der Waals surface area contributed by atoms with E-state index in [4.69, 9.17) is 0 Å². The summed E-state index contributed by atoms with van der Waals surface area (Å²) in [5, 5.41) is 4.98. The summed E-state index contributed by atoms with van der Waals surface area (Å²) >= 11 is 0. The van der Waals surface area contributed by atoms with Gasteiger partial charge in [-0.1, -0.05) is 12.1 Å². The molecule has 138 valence electrons. The molecule has 1 aromatic rings. The van der Waals surface area contributed by atoms with Crippen LogP contribution in [0.5, 0.6) is 0 Å². The van der Waals surface area contributed by atoms with Crippen LogP contribution in [0.2, 0.25) is 0 Å². The van der Waals surface area contributed by atoms with Crippen molar-refractivity contribution in [1.82, 2.24) is 10.6 Å². The fraction of sp³-hybridized carbons (Fsp3) is 0.562. The Morgan fingerprint density at radius 2 is 1.80 bits per heavy atom. The Balaban J connectivity index is 1.53. The molecule has 3 aliphatic rings. The maximum atomic E-state index is 12.8. The third-order valence-corrected chi connectivity index (χ3v) is 4.99. The van der Waals surface area contributed by atoms with Crippen LogP contribution >= 0.6 is 0 Å². The number of hydrogen-bond donors (Lipinski definition) is 2. The molecular formula is C16H16F6N2O. The molecule has 2 N–H and O–H groups in total. The molecule has 3 aliphatic carbocycles. The van der Waals surface area contributed by atoms with Gasteiger partial charge in [-0.25, -0.2) is 4.79 Å². The van der Waals surface area contributed by atoms with Gasteiger partial charge < -0.3 is 10.6 Å². The summed E-state index contributed by atoms with van der Waals surface area (Å²) in [7, 11) is 0. The predicted molar refractivity (Wildman–Crippen MR) is 76.4 cm³/mol.